The van der Waals surface area contributed by atoms with E-state index in [1.54, 1.807) is 0 Å². The Morgan fingerprint density at radius 3 is 2.75 bits per heavy atom. The minimum atomic E-state index is -3.44. The molecule has 0 saturated carbocycles. The molecular weight excluding hydrogens is 248 g/mol. The first-order chi connectivity index (χ1) is 7.51. The fourth-order valence-corrected chi connectivity index (χ4v) is 3.35. The fourth-order valence-electron chi connectivity index (χ4n) is 1.63. The van der Waals surface area contributed by atoms with Crippen LogP contribution < -0.4 is 5.32 Å². The van der Waals surface area contributed by atoms with Gasteiger partial charge in [0.05, 0.1) is 5.02 Å². The number of hydrogen-bond acceptors (Lipinski definition) is 4. The van der Waals surface area contributed by atoms with Gasteiger partial charge in [-0.3, -0.25) is 0 Å². The molecule has 1 fully saturated rings. The zero-order valence-corrected chi connectivity index (χ0v) is 10.1. The molecule has 6 heteroatoms. The van der Waals surface area contributed by atoms with E-state index in [-0.39, 0.29) is 5.03 Å². The summed E-state index contributed by atoms with van der Waals surface area (Å²) in [6.45, 7) is 4.68. The molecule has 1 aromatic heterocycles. The van der Waals surface area contributed by atoms with Gasteiger partial charge in [-0.2, -0.15) is 0 Å². The summed E-state index contributed by atoms with van der Waals surface area (Å²) in [5.41, 5.74) is 0.678. The number of rotatable bonds is 2. The van der Waals surface area contributed by atoms with E-state index >= 15 is 0 Å². The molecule has 1 N–H and O–H groups in total. The van der Waals surface area contributed by atoms with Crippen molar-refractivity contribution in [2.24, 2.45) is 0 Å². The maximum absolute atomic E-state index is 12.1. The maximum atomic E-state index is 12.1. The molecule has 0 radical (unpaired) electrons. The van der Waals surface area contributed by atoms with E-state index in [1.807, 2.05) is 0 Å². The van der Waals surface area contributed by atoms with Crippen molar-refractivity contribution < 1.29 is 8.42 Å². The largest absolute Gasteiger partial charge is 0.311 e. The molecule has 16 heavy (non-hydrogen) atoms. The van der Waals surface area contributed by atoms with Crippen LogP contribution in [0.2, 0.25) is 5.02 Å². The number of nitrogens with one attached hydrogen (secondary N) is 1. The van der Waals surface area contributed by atoms with Gasteiger partial charge >= 0.3 is 0 Å². The molecular formula is C10H11ClN2O2S. The normalized spacial score (nSPS) is 21.3. The van der Waals surface area contributed by atoms with Crippen LogP contribution in [0, 0.1) is 0 Å². The van der Waals surface area contributed by atoms with Gasteiger partial charge < -0.3 is 5.32 Å². The molecule has 0 aromatic carbocycles. The monoisotopic (exact) mass is 258 g/mol. The second kappa shape index (κ2) is 4.16. The highest BCUT2D eigenvalue weighted by Gasteiger charge is 2.33. The van der Waals surface area contributed by atoms with Gasteiger partial charge in [0.1, 0.15) is 5.25 Å². The van der Waals surface area contributed by atoms with Crippen molar-refractivity contribution >= 4 is 21.4 Å². The molecule has 1 saturated heterocycles. The van der Waals surface area contributed by atoms with Crippen LogP contribution in [-0.4, -0.2) is 31.7 Å². The highest BCUT2D eigenvalue weighted by molar-refractivity contribution is 7.92. The third-order valence-electron chi connectivity index (χ3n) is 2.50. The van der Waals surface area contributed by atoms with E-state index in [2.05, 4.69) is 16.9 Å². The first-order valence-corrected chi connectivity index (χ1v) is 6.68. The lowest BCUT2D eigenvalue weighted by atomic mass is 10.3. The van der Waals surface area contributed by atoms with Gasteiger partial charge in [-0.25, -0.2) is 13.4 Å². The smallest absolute Gasteiger partial charge is 0.203 e. The predicted octanol–water partition coefficient (Wildman–Crippen LogP) is 1.04. The summed E-state index contributed by atoms with van der Waals surface area (Å²) in [4.78, 5) is 3.84. The molecule has 0 unspecified atom stereocenters. The molecule has 2 heterocycles. The van der Waals surface area contributed by atoms with Crippen LogP contribution >= 0.6 is 11.6 Å². The van der Waals surface area contributed by atoms with Crippen LogP contribution in [-0.2, 0) is 9.84 Å². The van der Waals surface area contributed by atoms with Crippen LogP contribution in [0.15, 0.2) is 35.5 Å². The maximum Gasteiger partial charge on any atom is 0.203 e. The average molecular weight is 259 g/mol. The van der Waals surface area contributed by atoms with Gasteiger partial charge in [0, 0.05) is 19.3 Å². The predicted molar refractivity (Wildman–Crippen MR) is 62.2 cm³/mol. The Hall–Kier alpha value is -0.910. The summed E-state index contributed by atoms with van der Waals surface area (Å²) in [6, 6.07) is 2.94. The van der Waals surface area contributed by atoms with E-state index < -0.39 is 15.1 Å². The summed E-state index contributed by atoms with van der Waals surface area (Å²) >= 11 is 5.66. The van der Waals surface area contributed by atoms with E-state index in [0.29, 0.717) is 23.7 Å². The topological polar surface area (TPSA) is 59.1 Å². The quantitative estimate of drug-likeness (QED) is 0.806. The molecule has 86 valence electrons. The standard InChI is InChI=1S/C10H11ClN2O2S/c1-7-4-12-6-9(7)16(14,15)10-3-2-8(11)5-13-10/h2-3,5,9,12H,1,4,6H2/t9-/m0/s1. The Kier molecular flexibility index (Phi) is 3.01. The zero-order valence-electron chi connectivity index (χ0n) is 8.48. The van der Waals surface area contributed by atoms with E-state index in [0.717, 1.165) is 0 Å². The van der Waals surface area contributed by atoms with Gasteiger partial charge in [-0.15, -0.1) is 0 Å². The van der Waals surface area contributed by atoms with Crippen molar-refractivity contribution in [2.45, 2.75) is 10.3 Å². The summed E-state index contributed by atoms with van der Waals surface area (Å²) in [6.07, 6.45) is 1.33. The molecule has 2 rings (SSSR count). The average Bonchev–Trinajstić information content (AvgIpc) is 2.66. The molecule has 4 nitrogen and oxygen atoms in total. The zero-order chi connectivity index (χ0) is 11.8. The van der Waals surface area contributed by atoms with Crippen molar-refractivity contribution in [3.8, 4) is 0 Å². The highest BCUT2D eigenvalue weighted by atomic mass is 35.5. The summed E-state index contributed by atoms with van der Waals surface area (Å²) < 4.78 is 24.3. The Morgan fingerprint density at radius 2 is 2.25 bits per heavy atom. The lowest BCUT2D eigenvalue weighted by molar-refractivity contribution is 0.584. The lowest BCUT2D eigenvalue weighted by Crippen LogP contribution is -2.25. The van der Waals surface area contributed by atoms with Crippen LogP contribution in [0.4, 0.5) is 0 Å². The Labute approximate surface area is 99.3 Å². The summed E-state index contributed by atoms with van der Waals surface area (Å²) in [7, 11) is -3.44. The molecule has 0 spiro atoms. The minimum Gasteiger partial charge on any atom is -0.311 e. The van der Waals surface area contributed by atoms with E-state index in [1.165, 1.54) is 18.3 Å². The number of sulfone groups is 1. The Balaban J connectivity index is 2.39. The third kappa shape index (κ3) is 1.98. The first-order valence-electron chi connectivity index (χ1n) is 4.75. The van der Waals surface area contributed by atoms with E-state index in [4.69, 9.17) is 11.6 Å². The number of aromatic nitrogens is 1. The summed E-state index contributed by atoms with van der Waals surface area (Å²) in [5, 5.41) is 2.86. The SMILES string of the molecule is C=C1CNC[C@@H]1S(=O)(=O)c1ccc(Cl)cn1. The van der Waals surface area contributed by atoms with Crippen LogP contribution in [0.25, 0.3) is 0 Å². The molecule has 1 aliphatic rings. The van der Waals surface area contributed by atoms with Crippen molar-refractivity contribution in [1.82, 2.24) is 10.3 Å². The van der Waals surface area contributed by atoms with Crippen molar-refractivity contribution in [2.75, 3.05) is 13.1 Å². The van der Waals surface area contributed by atoms with Crippen molar-refractivity contribution in [1.29, 1.82) is 0 Å². The molecule has 1 aromatic rings. The van der Waals surface area contributed by atoms with Crippen LogP contribution in [0.1, 0.15) is 0 Å². The molecule has 0 bridgehead atoms. The number of hydrogen-bond donors (Lipinski definition) is 1. The fraction of sp³-hybridized carbons (Fsp3) is 0.300. The van der Waals surface area contributed by atoms with Gasteiger partial charge in [0.15, 0.2) is 5.03 Å². The second-order valence-electron chi connectivity index (χ2n) is 3.64. The van der Waals surface area contributed by atoms with Crippen molar-refractivity contribution in [3.63, 3.8) is 0 Å². The molecule has 0 amide bonds. The first kappa shape index (κ1) is 11.6. The summed E-state index contributed by atoms with van der Waals surface area (Å²) in [5.74, 6) is 0. The van der Waals surface area contributed by atoms with E-state index in [9.17, 15) is 8.42 Å². The third-order valence-corrected chi connectivity index (χ3v) is 4.80. The number of halogens is 1. The lowest BCUT2D eigenvalue weighted by Gasteiger charge is -2.10. The molecule has 0 aliphatic carbocycles. The minimum absolute atomic E-state index is 0.0479. The highest BCUT2D eigenvalue weighted by Crippen LogP contribution is 2.22. The number of pyridine rings is 1. The van der Waals surface area contributed by atoms with Crippen LogP contribution in [0.3, 0.4) is 0 Å². The Morgan fingerprint density at radius 1 is 1.50 bits per heavy atom. The van der Waals surface area contributed by atoms with Gasteiger partial charge in [-0.1, -0.05) is 18.2 Å². The molecule has 1 aliphatic heterocycles. The second-order valence-corrected chi connectivity index (χ2v) is 6.15. The Bertz CT molecular complexity index is 510. The van der Waals surface area contributed by atoms with Gasteiger partial charge in [0.2, 0.25) is 9.84 Å². The van der Waals surface area contributed by atoms with Gasteiger partial charge in [0.25, 0.3) is 0 Å². The number of nitrogens with zero attached hydrogens (tertiary/aromatic N) is 1. The molecule has 1 atom stereocenters. The van der Waals surface area contributed by atoms with Crippen molar-refractivity contribution in [3.05, 3.63) is 35.5 Å². The van der Waals surface area contributed by atoms with Crippen LogP contribution in [0.5, 0.6) is 0 Å². The van der Waals surface area contributed by atoms with Gasteiger partial charge in [-0.05, 0) is 17.7 Å².